The molecule has 0 saturated carbocycles. The Morgan fingerprint density at radius 1 is 1.45 bits per heavy atom. The van der Waals surface area contributed by atoms with Gasteiger partial charge in [-0.2, -0.15) is 10.4 Å². The van der Waals surface area contributed by atoms with E-state index in [1.165, 1.54) is 23.1 Å². The van der Waals surface area contributed by atoms with E-state index in [0.717, 1.165) is 0 Å². The zero-order valence-corrected chi connectivity index (χ0v) is 10.6. The molecule has 0 aliphatic heterocycles. The first kappa shape index (κ1) is 12.0. The molecule has 0 aliphatic rings. The van der Waals surface area contributed by atoms with Crippen LogP contribution in [0, 0.1) is 11.3 Å². The molecule has 3 aromatic rings. The van der Waals surface area contributed by atoms with Crippen LogP contribution in [0.5, 0.6) is 0 Å². The lowest BCUT2D eigenvalue weighted by atomic mass is 10.2. The molecule has 0 aromatic carbocycles. The Balaban J connectivity index is 2.32. The van der Waals surface area contributed by atoms with Crippen LogP contribution in [0.4, 0.5) is 0 Å². The lowest BCUT2D eigenvalue weighted by Gasteiger charge is -2.05. The molecule has 0 bridgehead atoms. The third-order valence-electron chi connectivity index (χ3n) is 2.84. The maximum Gasteiger partial charge on any atom is 0.357 e. The summed E-state index contributed by atoms with van der Waals surface area (Å²) in [6.45, 7) is 2.00. The highest BCUT2D eigenvalue weighted by Gasteiger charge is 2.16. The number of nitrogens with zero attached hydrogens (tertiary/aromatic N) is 5. The second-order valence-electron chi connectivity index (χ2n) is 3.98. The maximum absolute atomic E-state index is 11.9. The number of aromatic nitrogens is 4. The topological polar surface area (TPSA) is 93.2 Å². The van der Waals surface area contributed by atoms with Crippen LogP contribution >= 0.6 is 0 Å². The van der Waals surface area contributed by atoms with Crippen LogP contribution in [0.3, 0.4) is 0 Å². The van der Waals surface area contributed by atoms with Gasteiger partial charge in [-0.15, -0.1) is 0 Å². The summed E-state index contributed by atoms with van der Waals surface area (Å²) in [5, 5.41) is 13.6. The maximum atomic E-state index is 11.9. The Bertz CT molecular complexity index is 862. The normalized spacial score (nSPS) is 10.6. The van der Waals surface area contributed by atoms with E-state index in [0.29, 0.717) is 22.1 Å². The van der Waals surface area contributed by atoms with Crippen LogP contribution in [0.25, 0.3) is 16.6 Å². The minimum absolute atomic E-state index is 0.188. The fraction of sp³-hybridized carbons (Fsp3) is 0.154. The van der Waals surface area contributed by atoms with Crippen molar-refractivity contribution in [3.05, 3.63) is 35.9 Å². The number of ether oxygens (including phenoxy) is 1. The van der Waals surface area contributed by atoms with Crippen molar-refractivity contribution in [1.29, 1.82) is 5.26 Å². The largest absolute Gasteiger partial charge is 0.461 e. The lowest BCUT2D eigenvalue weighted by molar-refractivity contribution is 0.0522. The molecule has 0 saturated heterocycles. The summed E-state index contributed by atoms with van der Waals surface area (Å²) in [6, 6.07) is 3.73. The zero-order valence-electron chi connectivity index (χ0n) is 10.6. The first-order valence-corrected chi connectivity index (χ1v) is 5.95. The minimum Gasteiger partial charge on any atom is -0.461 e. The van der Waals surface area contributed by atoms with Gasteiger partial charge in [-0.25, -0.2) is 19.3 Å². The van der Waals surface area contributed by atoms with E-state index in [2.05, 4.69) is 15.1 Å². The fourth-order valence-corrected chi connectivity index (χ4v) is 1.98. The molecule has 0 atom stereocenters. The number of rotatable bonds is 2. The second-order valence-corrected chi connectivity index (χ2v) is 3.98. The van der Waals surface area contributed by atoms with Gasteiger partial charge >= 0.3 is 5.97 Å². The van der Waals surface area contributed by atoms with Gasteiger partial charge in [0.1, 0.15) is 11.6 Å². The Labute approximate surface area is 113 Å². The van der Waals surface area contributed by atoms with Gasteiger partial charge in [0.15, 0.2) is 11.3 Å². The monoisotopic (exact) mass is 267 g/mol. The van der Waals surface area contributed by atoms with Crippen LogP contribution in [0.1, 0.15) is 23.0 Å². The number of pyridine rings is 1. The van der Waals surface area contributed by atoms with E-state index in [4.69, 9.17) is 10.00 Å². The fourth-order valence-electron chi connectivity index (χ4n) is 1.98. The Hall–Kier alpha value is -3.01. The van der Waals surface area contributed by atoms with Gasteiger partial charge in [-0.1, -0.05) is 0 Å². The highest BCUT2D eigenvalue weighted by atomic mass is 16.5. The van der Waals surface area contributed by atoms with Crippen molar-refractivity contribution in [3.8, 4) is 6.07 Å². The molecule has 7 nitrogen and oxygen atoms in total. The number of nitriles is 1. The van der Waals surface area contributed by atoms with Gasteiger partial charge in [0.05, 0.1) is 23.7 Å². The molecule has 0 unspecified atom stereocenters. The van der Waals surface area contributed by atoms with Crippen molar-refractivity contribution in [3.63, 3.8) is 0 Å². The summed E-state index contributed by atoms with van der Waals surface area (Å²) in [6.07, 6.45) is 4.44. The summed E-state index contributed by atoms with van der Waals surface area (Å²) in [4.78, 5) is 20.1. The van der Waals surface area contributed by atoms with Crippen molar-refractivity contribution in [1.82, 2.24) is 19.6 Å². The number of esters is 1. The molecular formula is C13H9N5O2. The summed E-state index contributed by atoms with van der Waals surface area (Å²) in [5.41, 5.74) is 1.66. The van der Waals surface area contributed by atoms with Gasteiger partial charge in [0.25, 0.3) is 0 Å². The molecule has 0 fully saturated rings. The Morgan fingerprint density at radius 3 is 3.05 bits per heavy atom. The van der Waals surface area contributed by atoms with Crippen molar-refractivity contribution in [2.24, 2.45) is 0 Å². The van der Waals surface area contributed by atoms with E-state index in [1.807, 2.05) is 6.07 Å². The average molecular weight is 267 g/mol. The van der Waals surface area contributed by atoms with Crippen LogP contribution in [0.2, 0.25) is 0 Å². The van der Waals surface area contributed by atoms with Crippen LogP contribution in [0.15, 0.2) is 24.7 Å². The van der Waals surface area contributed by atoms with E-state index >= 15 is 0 Å². The molecule has 0 N–H and O–H groups in total. The van der Waals surface area contributed by atoms with Crippen LogP contribution in [-0.4, -0.2) is 32.2 Å². The van der Waals surface area contributed by atoms with Gasteiger partial charge in [0.2, 0.25) is 0 Å². The molecule has 3 rings (SSSR count). The third kappa shape index (κ3) is 1.66. The summed E-state index contributed by atoms with van der Waals surface area (Å²) in [7, 11) is 0. The Morgan fingerprint density at radius 2 is 2.30 bits per heavy atom. The van der Waals surface area contributed by atoms with Crippen LogP contribution in [-0.2, 0) is 4.74 Å². The molecule has 0 aliphatic carbocycles. The number of carbonyl (C=O) groups excluding carboxylic acids is 1. The average Bonchev–Trinajstić information content (AvgIpc) is 2.90. The molecule has 20 heavy (non-hydrogen) atoms. The standard InChI is InChI=1S/C13H9N5O2/c1-2-20-13(19)11-9-7-16-12-8(5-14)6-17-18(12)10(9)3-4-15-11/h3-4,6-7H,2H2,1H3. The SMILES string of the molecule is CCOC(=O)c1nccc2c1cnc1c(C#N)cnn12. The number of hydrogen-bond donors (Lipinski definition) is 0. The van der Waals surface area contributed by atoms with Crippen molar-refractivity contribution in [2.45, 2.75) is 6.92 Å². The van der Waals surface area contributed by atoms with Gasteiger partial charge in [0, 0.05) is 12.4 Å². The van der Waals surface area contributed by atoms with Gasteiger partial charge in [-0.3, -0.25) is 0 Å². The molecule has 0 amide bonds. The van der Waals surface area contributed by atoms with E-state index in [9.17, 15) is 4.79 Å². The first-order chi connectivity index (χ1) is 9.76. The van der Waals surface area contributed by atoms with E-state index < -0.39 is 5.97 Å². The summed E-state index contributed by atoms with van der Waals surface area (Å²) in [5.74, 6) is -0.507. The molecule has 7 heteroatoms. The predicted octanol–water partition coefficient (Wildman–Crippen LogP) is 1.33. The van der Waals surface area contributed by atoms with Gasteiger partial charge in [-0.05, 0) is 13.0 Å². The van der Waals surface area contributed by atoms with Gasteiger partial charge < -0.3 is 4.74 Å². The molecule has 0 radical (unpaired) electrons. The predicted molar refractivity (Wildman–Crippen MR) is 69.0 cm³/mol. The number of hydrogen-bond acceptors (Lipinski definition) is 6. The summed E-state index contributed by atoms with van der Waals surface area (Å²) >= 11 is 0. The van der Waals surface area contributed by atoms with Crippen molar-refractivity contribution >= 4 is 22.5 Å². The molecular weight excluding hydrogens is 258 g/mol. The second kappa shape index (κ2) is 4.59. The lowest BCUT2D eigenvalue weighted by Crippen LogP contribution is -2.09. The molecule has 98 valence electrons. The smallest absolute Gasteiger partial charge is 0.357 e. The van der Waals surface area contributed by atoms with Crippen LogP contribution < -0.4 is 0 Å². The van der Waals surface area contributed by atoms with E-state index in [1.54, 1.807) is 13.0 Å². The van der Waals surface area contributed by atoms with Crippen molar-refractivity contribution < 1.29 is 9.53 Å². The number of fused-ring (bicyclic) bond motifs is 3. The molecule has 0 spiro atoms. The molecule has 3 aromatic heterocycles. The summed E-state index contributed by atoms with van der Waals surface area (Å²) < 4.78 is 6.48. The highest BCUT2D eigenvalue weighted by Crippen LogP contribution is 2.19. The third-order valence-corrected chi connectivity index (χ3v) is 2.84. The molecule has 3 heterocycles. The zero-order chi connectivity index (χ0) is 14.1. The van der Waals surface area contributed by atoms with Crippen molar-refractivity contribution in [2.75, 3.05) is 6.61 Å². The minimum atomic E-state index is -0.507. The highest BCUT2D eigenvalue weighted by molar-refractivity contribution is 6.01. The number of carbonyl (C=O) groups is 1. The quantitative estimate of drug-likeness (QED) is 0.650. The van der Waals surface area contributed by atoms with E-state index in [-0.39, 0.29) is 12.3 Å². The first-order valence-electron chi connectivity index (χ1n) is 5.95. The Kier molecular flexibility index (Phi) is 2.76.